The second-order valence-corrected chi connectivity index (χ2v) is 2.88. The van der Waals surface area contributed by atoms with Crippen molar-refractivity contribution in [3.8, 4) is 0 Å². The second-order valence-electron chi connectivity index (χ2n) is 2.88. The Labute approximate surface area is 74.8 Å². The van der Waals surface area contributed by atoms with Gasteiger partial charge in [-0.15, -0.1) is 0 Å². The van der Waals surface area contributed by atoms with Gasteiger partial charge in [0.25, 0.3) is 0 Å². The molecular formula is C11H17N. The van der Waals surface area contributed by atoms with E-state index >= 15 is 0 Å². The molecule has 0 bridgehead atoms. The molecule has 0 unspecified atom stereocenters. The monoisotopic (exact) mass is 163 g/mol. The maximum absolute atomic E-state index is 3.31. The number of nitrogens with one attached hydrogen (secondary N) is 1. The Morgan fingerprint density at radius 1 is 1.08 bits per heavy atom. The number of hydrogen-bond donors (Lipinski definition) is 1. The summed E-state index contributed by atoms with van der Waals surface area (Å²) in [5.41, 5.74) is 4.30. The van der Waals surface area contributed by atoms with Crippen LogP contribution in [0.5, 0.6) is 0 Å². The van der Waals surface area contributed by atoms with Crippen LogP contribution in [0, 0.1) is 6.92 Å². The first-order valence-corrected chi connectivity index (χ1v) is 4.65. The predicted molar refractivity (Wildman–Crippen MR) is 53.1 cm³/mol. The molecule has 0 amide bonds. The van der Waals surface area contributed by atoms with Gasteiger partial charge in [-0.25, -0.2) is 0 Å². The molecule has 0 atom stereocenters. The van der Waals surface area contributed by atoms with Crippen molar-refractivity contribution in [1.29, 1.82) is 0 Å². The highest BCUT2D eigenvalue weighted by atomic mass is 14.9. The van der Waals surface area contributed by atoms with E-state index < -0.39 is 0 Å². The molecule has 1 heteroatoms. The summed E-state index contributed by atoms with van der Waals surface area (Å²) in [5, 5.41) is 3.31. The Morgan fingerprint density at radius 3 is 2.50 bits per heavy atom. The van der Waals surface area contributed by atoms with E-state index in [1.807, 2.05) is 13.8 Å². The topological polar surface area (TPSA) is 12.0 Å². The fourth-order valence-electron chi connectivity index (χ4n) is 1.42. The van der Waals surface area contributed by atoms with Crippen LogP contribution in [0.1, 0.15) is 30.5 Å². The molecule has 0 fully saturated rings. The maximum atomic E-state index is 3.31. The number of benzene rings is 1. The standard InChI is InChI=1S/C9H11N.C2H6/c1-7-2-3-8-5-10-6-9(8)4-7;1-2/h2-4,10H,5-6H2,1H3;1-2H3. The van der Waals surface area contributed by atoms with Gasteiger partial charge >= 0.3 is 0 Å². The van der Waals surface area contributed by atoms with Gasteiger partial charge in [-0.3, -0.25) is 0 Å². The van der Waals surface area contributed by atoms with Crippen LogP contribution in [0.25, 0.3) is 0 Å². The van der Waals surface area contributed by atoms with E-state index in [2.05, 4.69) is 30.4 Å². The molecule has 0 aromatic heterocycles. The molecule has 0 saturated heterocycles. The van der Waals surface area contributed by atoms with Gasteiger partial charge in [0.15, 0.2) is 0 Å². The Hall–Kier alpha value is -0.820. The molecule has 1 nitrogen and oxygen atoms in total. The van der Waals surface area contributed by atoms with Gasteiger partial charge in [0.1, 0.15) is 0 Å². The van der Waals surface area contributed by atoms with Crippen molar-refractivity contribution in [2.75, 3.05) is 0 Å². The van der Waals surface area contributed by atoms with E-state index in [0.717, 1.165) is 13.1 Å². The van der Waals surface area contributed by atoms with Gasteiger partial charge in [-0.1, -0.05) is 37.6 Å². The van der Waals surface area contributed by atoms with Crippen molar-refractivity contribution in [3.63, 3.8) is 0 Å². The van der Waals surface area contributed by atoms with Gasteiger partial charge in [-0.2, -0.15) is 0 Å². The number of aryl methyl sites for hydroxylation is 1. The molecular weight excluding hydrogens is 146 g/mol. The van der Waals surface area contributed by atoms with Gasteiger partial charge in [-0.05, 0) is 18.1 Å². The molecule has 12 heavy (non-hydrogen) atoms. The minimum absolute atomic E-state index is 1.05. The highest BCUT2D eigenvalue weighted by Crippen LogP contribution is 2.15. The summed E-state index contributed by atoms with van der Waals surface area (Å²) < 4.78 is 0. The minimum Gasteiger partial charge on any atom is -0.309 e. The van der Waals surface area contributed by atoms with Gasteiger partial charge in [0.05, 0.1) is 0 Å². The summed E-state index contributed by atoms with van der Waals surface area (Å²) in [6.45, 7) is 8.24. The van der Waals surface area contributed by atoms with E-state index in [9.17, 15) is 0 Å². The molecule has 0 saturated carbocycles. The van der Waals surface area contributed by atoms with Crippen molar-refractivity contribution in [1.82, 2.24) is 5.32 Å². The lowest BCUT2D eigenvalue weighted by atomic mass is 10.1. The second kappa shape index (κ2) is 4.27. The first kappa shape index (κ1) is 9.27. The van der Waals surface area contributed by atoms with Crippen LogP contribution < -0.4 is 5.32 Å². The summed E-state index contributed by atoms with van der Waals surface area (Å²) in [4.78, 5) is 0. The Balaban J connectivity index is 0.000000336. The molecule has 1 N–H and O–H groups in total. The fraction of sp³-hybridized carbons (Fsp3) is 0.455. The van der Waals surface area contributed by atoms with Crippen LogP contribution in [-0.2, 0) is 13.1 Å². The van der Waals surface area contributed by atoms with Crippen LogP contribution in [0.15, 0.2) is 18.2 Å². The molecule has 1 aliphatic rings. The van der Waals surface area contributed by atoms with Crippen molar-refractivity contribution in [3.05, 3.63) is 34.9 Å². The van der Waals surface area contributed by atoms with Gasteiger partial charge in [0, 0.05) is 13.1 Å². The smallest absolute Gasteiger partial charge is 0.0212 e. The summed E-state index contributed by atoms with van der Waals surface area (Å²) in [6.07, 6.45) is 0. The largest absolute Gasteiger partial charge is 0.309 e. The molecule has 66 valence electrons. The lowest BCUT2D eigenvalue weighted by Crippen LogP contribution is -1.99. The van der Waals surface area contributed by atoms with Crippen LogP contribution in [0.2, 0.25) is 0 Å². The third-order valence-corrected chi connectivity index (χ3v) is 1.99. The van der Waals surface area contributed by atoms with E-state index in [-0.39, 0.29) is 0 Å². The van der Waals surface area contributed by atoms with Crippen LogP contribution in [-0.4, -0.2) is 0 Å². The quantitative estimate of drug-likeness (QED) is 0.620. The van der Waals surface area contributed by atoms with E-state index in [1.54, 1.807) is 0 Å². The molecule has 0 radical (unpaired) electrons. The molecule has 0 aliphatic carbocycles. The molecule has 0 spiro atoms. The summed E-state index contributed by atoms with van der Waals surface area (Å²) in [6, 6.07) is 6.64. The third-order valence-electron chi connectivity index (χ3n) is 1.99. The first-order valence-electron chi connectivity index (χ1n) is 4.65. The maximum Gasteiger partial charge on any atom is 0.0212 e. The molecule has 1 aliphatic heterocycles. The Morgan fingerprint density at radius 2 is 1.75 bits per heavy atom. The zero-order valence-corrected chi connectivity index (χ0v) is 8.15. The predicted octanol–water partition coefficient (Wildman–Crippen LogP) is 2.62. The van der Waals surface area contributed by atoms with Crippen molar-refractivity contribution >= 4 is 0 Å². The minimum atomic E-state index is 1.05. The van der Waals surface area contributed by atoms with E-state index in [4.69, 9.17) is 0 Å². The normalized spacial score (nSPS) is 13.2. The molecule has 1 heterocycles. The number of hydrogen-bond acceptors (Lipinski definition) is 1. The van der Waals surface area contributed by atoms with Crippen LogP contribution in [0.4, 0.5) is 0 Å². The van der Waals surface area contributed by atoms with E-state index in [0.29, 0.717) is 0 Å². The third kappa shape index (κ3) is 1.86. The Bertz CT molecular complexity index is 253. The summed E-state index contributed by atoms with van der Waals surface area (Å²) in [7, 11) is 0. The lowest BCUT2D eigenvalue weighted by Gasteiger charge is -1.97. The average Bonchev–Trinajstić information content (AvgIpc) is 2.54. The average molecular weight is 163 g/mol. The highest BCUT2D eigenvalue weighted by Gasteiger charge is 2.07. The Kier molecular flexibility index (Phi) is 3.30. The van der Waals surface area contributed by atoms with Gasteiger partial charge < -0.3 is 5.32 Å². The summed E-state index contributed by atoms with van der Waals surface area (Å²) >= 11 is 0. The lowest BCUT2D eigenvalue weighted by molar-refractivity contribution is 0.765. The molecule has 2 rings (SSSR count). The zero-order chi connectivity index (χ0) is 8.97. The number of fused-ring (bicyclic) bond motifs is 1. The van der Waals surface area contributed by atoms with Gasteiger partial charge in [0.2, 0.25) is 0 Å². The highest BCUT2D eigenvalue weighted by molar-refractivity contribution is 5.33. The molecule has 1 aromatic carbocycles. The van der Waals surface area contributed by atoms with Crippen molar-refractivity contribution < 1.29 is 0 Å². The van der Waals surface area contributed by atoms with E-state index in [1.165, 1.54) is 16.7 Å². The van der Waals surface area contributed by atoms with Crippen LogP contribution >= 0.6 is 0 Å². The van der Waals surface area contributed by atoms with Crippen LogP contribution in [0.3, 0.4) is 0 Å². The van der Waals surface area contributed by atoms with Crippen molar-refractivity contribution in [2.24, 2.45) is 0 Å². The first-order chi connectivity index (χ1) is 5.86. The van der Waals surface area contributed by atoms with Crippen molar-refractivity contribution in [2.45, 2.75) is 33.9 Å². The zero-order valence-electron chi connectivity index (χ0n) is 8.15. The summed E-state index contributed by atoms with van der Waals surface area (Å²) in [5.74, 6) is 0. The SMILES string of the molecule is CC.Cc1ccc2c(c1)CNC2. The fourth-order valence-corrected chi connectivity index (χ4v) is 1.42. The molecule has 1 aromatic rings. The number of rotatable bonds is 0.